The average Bonchev–Trinajstić information content (AvgIpc) is 2.59. The minimum atomic E-state index is -5.01. The van der Waals surface area contributed by atoms with Crippen LogP contribution in [0.2, 0.25) is 33.2 Å². The Labute approximate surface area is 210 Å². The summed E-state index contributed by atoms with van der Waals surface area (Å²) in [4.78, 5) is 0. The second-order valence-electron chi connectivity index (χ2n) is 10.9. The van der Waals surface area contributed by atoms with Crippen LogP contribution in [-0.2, 0) is 0 Å². The fourth-order valence-corrected chi connectivity index (χ4v) is 20.9. The first kappa shape index (κ1) is 32.6. The van der Waals surface area contributed by atoms with Crippen molar-refractivity contribution in [1.29, 1.82) is 0 Å². The van der Waals surface area contributed by atoms with Crippen LogP contribution in [0.1, 0.15) is 83.1 Å². The molecule has 0 aliphatic carbocycles. The van der Waals surface area contributed by atoms with Gasteiger partial charge in [0.1, 0.15) is 0 Å². The topological polar surface area (TPSA) is 0 Å². The first-order valence-electron chi connectivity index (χ1n) is 11.7. The van der Waals surface area contributed by atoms with Crippen LogP contribution in [0.25, 0.3) is 0 Å². The molecule has 0 N–H and O–H groups in total. The van der Waals surface area contributed by atoms with Gasteiger partial charge >= 0.3 is 212 Å². The van der Waals surface area contributed by atoms with E-state index in [1.165, 1.54) is 0 Å². The van der Waals surface area contributed by atoms with E-state index in [9.17, 15) is 0 Å². The van der Waals surface area contributed by atoms with Crippen molar-refractivity contribution in [2.24, 2.45) is 0 Å². The number of rotatable bonds is 8. The molecule has 0 radical (unpaired) electrons. The quantitative estimate of drug-likeness (QED) is 0.139. The Bertz CT molecular complexity index is 635. The zero-order valence-corrected chi connectivity index (χ0v) is 28.8. The summed E-state index contributed by atoms with van der Waals surface area (Å²) in [6.07, 6.45) is 0. The third-order valence-electron chi connectivity index (χ3n) is 7.26. The van der Waals surface area contributed by atoms with Gasteiger partial charge in [-0.25, -0.2) is 0 Å². The second-order valence-corrected chi connectivity index (χ2v) is 34.4. The van der Waals surface area contributed by atoms with E-state index in [1.54, 1.807) is 0 Å². The zero-order chi connectivity index (χ0) is 25.9. The summed E-state index contributed by atoms with van der Waals surface area (Å²) in [5, 5.41) is 0. The molecule has 8 heteroatoms. The summed E-state index contributed by atoms with van der Waals surface area (Å²) in [5.74, 6) is 4.21. The molecule has 0 aromatic carbocycles. The zero-order valence-electron chi connectivity index (χ0n) is 21.9. The third kappa shape index (κ3) is 6.85. The number of hydrogen-bond donors (Lipinski definition) is 0. The summed E-state index contributed by atoms with van der Waals surface area (Å²) in [6, 6.07) is 0. The van der Waals surface area contributed by atoms with Gasteiger partial charge in [0.05, 0.1) is 0 Å². The molecule has 0 aromatic heterocycles. The van der Waals surface area contributed by atoms with Gasteiger partial charge < -0.3 is 0 Å². The molecule has 32 heavy (non-hydrogen) atoms. The monoisotopic (exact) mass is 656 g/mol. The summed E-state index contributed by atoms with van der Waals surface area (Å²) in [7, 11) is -4.88. The normalized spacial score (nSPS) is 13.7. The van der Waals surface area contributed by atoms with E-state index in [0.717, 1.165) is 0 Å². The molecule has 0 heterocycles. The molecule has 0 saturated heterocycles. The van der Waals surface area contributed by atoms with Crippen LogP contribution in [0.4, 0.5) is 17.6 Å². The Kier molecular flexibility index (Phi) is 12.3. The van der Waals surface area contributed by atoms with Crippen molar-refractivity contribution in [1.82, 2.24) is 0 Å². The summed E-state index contributed by atoms with van der Waals surface area (Å²) >= 11 is -2.19. The van der Waals surface area contributed by atoms with Gasteiger partial charge in [0.25, 0.3) is 0 Å². The molecule has 0 nitrogen and oxygen atoms in total. The molecule has 0 spiro atoms. The molecule has 0 aliphatic rings. The van der Waals surface area contributed by atoms with E-state index in [1.807, 2.05) is 83.1 Å². The van der Waals surface area contributed by atoms with Crippen molar-refractivity contribution in [2.45, 2.75) is 124 Å². The predicted molar refractivity (Wildman–Crippen MR) is 142 cm³/mol. The fraction of sp³-hybridized carbons (Fsp3) is 0.833. The molecule has 0 atom stereocenters. The van der Waals surface area contributed by atoms with Gasteiger partial charge in [0.2, 0.25) is 0 Å². The molecule has 0 unspecified atom stereocenters. The van der Waals surface area contributed by atoms with E-state index < -0.39 is 42.6 Å². The Balaban J connectivity index is 6.40. The Morgan fingerprint density at radius 2 is 0.719 bits per heavy atom. The summed E-state index contributed by atoms with van der Waals surface area (Å²) < 4.78 is 53.0. The second kappa shape index (κ2) is 12.0. The SMILES string of the molecule is CC(C)[Si](C#C[C](F)(F)[In]([Br])[C](F)(F)C#C[Si](C(C)C)(C(C)C)C(C)C)(C(C)C)C(C)C. The van der Waals surface area contributed by atoms with E-state index in [4.69, 9.17) is 0 Å². The number of halogens is 5. The maximum atomic E-state index is 15.1. The number of hydrogen-bond acceptors (Lipinski definition) is 0. The Hall–Kier alpha value is 0.624. The van der Waals surface area contributed by atoms with Crippen LogP contribution < -0.4 is 0 Å². The molecule has 0 bridgehead atoms. The molecule has 0 aromatic rings. The summed E-state index contributed by atoms with van der Waals surface area (Å²) in [6.45, 7) is 24.2. The molecule has 0 rings (SSSR count). The number of alkyl halides is 4. The first-order chi connectivity index (χ1) is 14.2. The van der Waals surface area contributed by atoms with Gasteiger partial charge in [0.15, 0.2) is 0 Å². The van der Waals surface area contributed by atoms with E-state index in [-0.39, 0.29) is 33.2 Å². The Morgan fingerprint density at radius 1 is 0.531 bits per heavy atom. The van der Waals surface area contributed by atoms with Gasteiger partial charge in [-0.1, -0.05) is 0 Å². The fourth-order valence-electron chi connectivity index (χ4n) is 5.60. The van der Waals surface area contributed by atoms with E-state index in [2.05, 4.69) is 35.2 Å². The van der Waals surface area contributed by atoms with Crippen molar-refractivity contribution in [3.8, 4) is 22.9 Å². The van der Waals surface area contributed by atoms with Gasteiger partial charge in [-0.3, -0.25) is 0 Å². The standard InChI is InChI=1S/2C12H21F2Si.BrH.In/c2*1-9(2)15(10(3)4,11(5)6)8-7-12(13)14;;/h2*9-11H,1-6H3;1H;/q;;;+1/p-1. The molecule has 0 amide bonds. The first-order valence-corrected chi connectivity index (χ1v) is 26.9. The maximum absolute atomic E-state index is 15.1. The molecule has 0 saturated carbocycles. The van der Waals surface area contributed by atoms with Gasteiger partial charge in [0, 0.05) is 0 Å². The molecule has 0 fully saturated rings. The van der Waals surface area contributed by atoms with Crippen LogP contribution in [0.5, 0.6) is 0 Å². The summed E-state index contributed by atoms with van der Waals surface area (Å²) in [5.41, 5.74) is 6.82. The molecule has 184 valence electrons. The van der Waals surface area contributed by atoms with Crippen molar-refractivity contribution in [3.63, 3.8) is 0 Å². The molecule has 0 aliphatic heterocycles. The Morgan fingerprint density at radius 3 is 0.875 bits per heavy atom. The van der Waals surface area contributed by atoms with Crippen molar-refractivity contribution < 1.29 is 17.6 Å². The van der Waals surface area contributed by atoms with Crippen molar-refractivity contribution in [3.05, 3.63) is 0 Å². The molecular weight excluding hydrogens is 615 g/mol. The molecular formula is C24H42BrF4InSi2. The predicted octanol–water partition coefficient (Wildman–Crippen LogP) is 9.16. The minimum absolute atomic E-state index is 0.157. The third-order valence-corrected chi connectivity index (χ3v) is 32.0. The van der Waals surface area contributed by atoms with Crippen LogP contribution in [0.3, 0.4) is 0 Å². The average molecular weight is 657 g/mol. The van der Waals surface area contributed by atoms with Crippen molar-refractivity contribution in [2.75, 3.05) is 0 Å². The van der Waals surface area contributed by atoms with Gasteiger partial charge in [-0.15, -0.1) is 0 Å². The van der Waals surface area contributed by atoms with E-state index in [0.29, 0.717) is 0 Å². The van der Waals surface area contributed by atoms with Gasteiger partial charge in [-0.05, 0) is 0 Å². The van der Waals surface area contributed by atoms with Crippen LogP contribution in [-0.4, -0.2) is 42.6 Å². The van der Waals surface area contributed by atoms with Crippen molar-refractivity contribution >= 4 is 47.6 Å². The van der Waals surface area contributed by atoms with Crippen LogP contribution >= 0.6 is 12.3 Å². The van der Waals surface area contributed by atoms with E-state index >= 15 is 17.6 Å². The van der Waals surface area contributed by atoms with Crippen LogP contribution in [0.15, 0.2) is 0 Å². The van der Waals surface area contributed by atoms with Gasteiger partial charge in [-0.2, -0.15) is 0 Å². The van der Waals surface area contributed by atoms with Crippen LogP contribution in [0, 0.1) is 22.9 Å².